The van der Waals surface area contributed by atoms with Crippen LogP contribution in [0.2, 0.25) is 0 Å². The van der Waals surface area contributed by atoms with Gasteiger partial charge in [0, 0.05) is 25.6 Å². The molecule has 1 aliphatic heterocycles. The minimum Gasteiger partial charge on any atom is -0.354 e. The maximum absolute atomic E-state index is 12.3. The summed E-state index contributed by atoms with van der Waals surface area (Å²) in [7, 11) is 0. The van der Waals surface area contributed by atoms with Gasteiger partial charge in [-0.15, -0.1) is 11.3 Å². The first-order valence-corrected chi connectivity index (χ1v) is 10.8. The lowest BCUT2D eigenvalue weighted by Crippen LogP contribution is -2.33. The van der Waals surface area contributed by atoms with Crippen molar-refractivity contribution in [1.82, 2.24) is 20.0 Å². The minimum absolute atomic E-state index is 0.172. The van der Waals surface area contributed by atoms with Crippen molar-refractivity contribution in [2.75, 3.05) is 13.1 Å². The van der Waals surface area contributed by atoms with Gasteiger partial charge in [-0.3, -0.25) is 24.1 Å². The van der Waals surface area contributed by atoms with E-state index in [1.165, 1.54) is 27.0 Å². The Hall–Kier alpha value is -3.59. The number of hydrogen-bond donors (Lipinski definition) is 1. The van der Waals surface area contributed by atoms with Crippen molar-refractivity contribution in [2.24, 2.45) is 0 Å². The summed E-state index contributed by atoms with van der Waals surface area (Å²) < 4.78 is 1.33. The Labute approximate surface area is 182 Å². The molecule has 0 spiro atoms. The maximum atomic E-state index is 12.3. The molecular formula is C22H20N4O4S. The van der Waals surface area contributed by atoms with Crippen molar-refractivity contribution < 1.29 is 14.4 Å². The highest BCUT2D eigenvalue weighted by Crippen LogP contribution is 2.23. The Balaban J connectivity index is 1.24. The Kier molecular flexibility index (Phi) is 6.03. The highest BCUT2D eigenvalue weighted by Gasteiger charge is 2.34. The van der Waals surface area contributed by atoms with E-state index in [1.807, 2.05) is 17.5 Å². The number of hydrogen-bond acceptors (Lipinski definition) is 6. The molecule has 0 saturated heterocycles. The van der Waals surface area contributed by atoms with E-state index in [9.17, 15) is 19.2 Å². The molecule has 0 fully saturated rings. The summed E-state index contributed by atoms with van der Waals surface area (Å²) in [4.78, 5) is 50.9. The van der Waals surface area contributed by atoms with E-state index in [0.717, 1.165) is 4.88 Å². The first-order chi connectivity index (χ1) is 15.0. The smallest absolute Gasteiger partial charge is 0.266 e. The first-order valence-electron chi connectivity index (χ1n) is 9.88. The molecule has 3 heterocycles. The van der Waals surface area contributed by atoms with E-state index in [4.69, 9.17) is 0 Å². The topological polar surface area (TPSA) is 101 Å². The Morgan fingerprint density at radius 1 is 0.935 bits per heavy atom. The van der Waals surface area contributed by atoms with E-state index in [0.29, 0.717) is 23.2 Å². The molecule has 31 heavy (non-hydrogen) atoms. The second-order valence-electron chi connectivity index (χ2n) is 7.02. The average Bonchev–Trinajstić information content (AvgIpc) is 3.39. The van der Waals surface area contributed by atoms with Crippen molar-refractivity contribution in [3.63, 3.8) is 0 Å². The van der Waals surface area contributed by atoms with Gasteiger partial charge in [-0.05, 0) is 36.1 Å². The van der Waals surface area contributed by atoms with Gasteiger partial charge in [0.05, 0.1) is 22.5 Å². The van der Waals surface area contributed by atoms with Gasteiger partial charge >= 0.3 is 0 Å². The molecule has 3 amide bonds. The van der Waals surface area contributed by atoms with Gasteiger partial charge in [0.2, 0.25) is 5.91 Å². The molecule has 2 aromatic heterocycles. The molecule has 9 heteroatoms. The quantitative estimate of drug-likeness (QED) is 0.546. The third-order valence-electron chi connectivity index (χ3n) is 4.95. The van der Waals surface area contributed by atoms with Gasteiger partial charge in [-0.2, -0.15) is 5.10 Å². The standard InChI is InChI=1S/C22H20N4O4S/c27-19(8-3-12-25-21(29)15-5-1-2-6-16(15)22(25)30)23-11-13-26-20(28)10-9-17(24-26)18-7-4-14-31-18/h1-2,4-7,9-10,14H,3,8,11-13H2,(H,23,27). The van der Waals surface area contributed by atoms with Crippen molar-refractivity contribution in [1.29, 1.82) is 0 Å². The fraction of sp³-hybridized carbons (Fsp3) is 0.227. The van der Waals surface area contributed by atoms with E-state index >= 15 is 0 Å². The molecule has 0 unspecified atom stereocenters. The number of nitrogens with zero attached hydrogens (tertiary/aromatic N) is 3. The highest BCUT2D eigenvalue weighted by molar-refractivity contribution is 7.13. The summed E-state index contributed by atoms with van der Waals surface area (Å²) >= 11 is 1.54. The molecule has 1 aromatic carbocycles. The number of imide groups is 1. The molecule has 3 aromatic rings. The zero-order valence-corrected chi connectivity index (χ0v) is 17.4. The van der Waals surface area contributed by atoms with Gasteiger partial charge < -0.3 is 5.32 Å². The summed E-state index contributed by atoms with van der Waals surface area (Å²) in [5.41, 5.74) is 1.28. The lowest BCUT2D eigenvalue weighted by atomic mass is 10.1. The Morgan fingerprint density at radius 2 is 1.68 bits per heavy atom. The van der Waals surface area contributed by atoms with Gasteiger partial charge in [-0.1, -0.05) is 18.2 Å². The summed E-state index contributed by atoms with van der Waals surface area (Å²) in [5, 5.41) is 9.04. The Morgan fingerprint density at radius 3 is 2.35 bits per heavy atom. The largest absolute Gasteiger partial charge is 0.354 e. The number of carbonyl (C=O) groups excluding carboxylic acids is 3. The first kappa shape index (κ1) is 20.7. The molecule has 4 rings (SSSR count). The summed E-state index contributed by atoms with van der Waals surface area (Å²) in [6.07, 6.45) is 0.536. The third-order valence-corrected chi connectivity index (χ3v) is 5.84. The second-order valence-corrected chi connectivity index (χ2v) is 7.97. The van der Waals surface area contributed by atoms with E-state index < -0.39 is 0 Å². The molecule has 8 nitrogen and oxygen atoms in total. The summed E-state index contributed by atoms with van der Waals surface area (Å²) in [6, 6.07) is 13.7. The molecule has 0 bridgehead atoms. The van der Waals surface area contributed by atoms with Crippen LogP contribution in [0.1, 0.15) is 33.6 Å². The van der Waals surface area contributed by atoms with E-state index in [2.05, 4.69) is 10.4 Å². The number of thiophene rings is 1. The van der Waals surface area contributed by atoms with Crippen molar-refractivity contribution in [3.05, 3.63) is 75.4 Å². The van der Waals surface area contributed by atoms with E-state index in [-0.39, 0.29) is 49.3 Å². The molecule has 0 saturated carbocycles. The predicted octanol–water partition coefficient (Wildman–Crippen LogP) is 2.16. The van der Waals surface area contributed by atoms with Gasteiger partial charge in [-0.25, -0.2) is 4.68 Å². The highest BCUT2D eigenvalue weighted by atomic mass is 32.1. The number of benzene rings is 1. The summed E-state index contributed by atoms with van der Waals surface area (Å²) in [6.45, 7) is 0.693. The second kappa shape index (κ2) is 9.05. The number of amides is 3. The molecule has 0 atom stereocenters. The van der Waals surface area contributed by atoms with Crippen LogP contribution in [0.25, 0.3) is 10.6 Å². The average molecular weight is 436 g/mol. The van der Waals surface area contributed by atoms with Gasteiger partial charge in [0.25, 0.3) is 17.4 Å². The number of rotatable bonds is 8. The minimum atomic E-state index is -0.322. The van der Waals surface area contributed by atoms with Crippen LogP contribution in [-0.2, 0) is 11.3 Å². The number of carbonyl (C=O) groups is 3. The van der Waals surface area contributed by atoms with Crippen LogP contribution in [-0.4, -0.2) is 45.5 Å². The molecule has 1 N–H and O–H groups in total. The lowest BCUT2D eigenvalue weighted by Gasteiger charge is -2.13. The molecule has 0 aliphatic carbocycles. The number of fused-ring (bicyclic) bond motifs is 1. The van der Waals surface area contributed by atoms with Crippen molar-refractivity contribution >= 4 is 29.1 Å². The van der Waals surface area contributed by atoms with Crippen LogP contribution in [0.4, 0.5) is 0 Å². The monoisotopic (exact) mass is 436 g/mol. The zero-order chi connectivity index (χ0) is 21.8. The fourth-order valence-electron chi connectivity index (χ4n) is 3.39. The number of aromatic nitrogens is 2. The molecule has 0 radical (unpaired) electrons. The van der Waals surface area contributed by atoms with Crippen LogP contribution < -0.4 is 10.9 Å². The maximum Gasteiger partial charge on any atom is 0.266 e. The van der Waals surface area contributed by atoms with Crippen LogP contribution >= 0.6 is 11.3 Å². The molecular weight excluding hydrogens is 416 g/mol. The third kappa shape index (κ3) is 4.46. The zero-order valence-electron chi connectivity index (χ0n) is 16.6. The van der Waals surface area contributed by atoms with Crippen molar-refractivity contribution in [2.45, 2.75) is 19.4 Å². The number of nitrogens with one attached hydrogen (secondary N) is 1. The Bertz CT molecular complexity index is 1150. The summed E-state index contributed by atoms with van der Waals surface area (Å²) in [5.74, 6) is -0.853. The van der Waals surface area contributed by atoms with Crippen LogP contribution in [0, 0.1) is 0 Å². The normalized spacial score (nSPS) is 12.8. The van der Waals surface area contributed by atoms with Crippen LogP contribution in [0.3, 0.4) is 0 Å². The lowest BCUT2D eigenvalue weighted by molar-refractivity contribution is -0.121. The van der Waals surface area contributed by atoms with Crippen LogP contribution in [0.5, 0.6) is 0 Å². The van der Waals surface area contributed by atoms with Crippen molar-refractivity contribution in [3.8, 4) is 10.6 Å². The van der Waals surface area contributed by atoms with Gasteiger partial charge in [0.15, 0.2) is 0 Å². The van der Waals surface area contributed by atoms with Gasteiger partial charge in [0.1, 0.15) is 5.69 Å². The fourth-order valence-corrected chi connectivity index (χ4v) is 4.08. The molecule has 158 valence electrons. The SMILES string of the molecule is O=C(CCCN1C(=O)c2ccccc2C1=O)NCCn1nc(-c2cccs2)ccc1=O. The van der Waals surface area contributed by atoms with E-state index in [1.54, 1.807) is 30.3 Å². The predicted molar refractivity (Wildman–Crippen MR) is 116 cm³/mol. The van der Waals surface area contributed by atoms with Crippen LogP contribution in [0.15, 0.2) is 58.7 Å². The molecule has 1 aliphatic rings.